The molecule has 0 bridgehead atoms. The van der Waals surface area contributed by atoms with Gasteiger partial charge in [0, 0.05) is 6.54 Å². The van der Waals surface area contributed by atoms with E-state index in [1.165, 1.54) is 0 Å². The van der Waals surface area contributed by atoms with Crippen molar-refractivity contribution in [1.29, 1.82) is 0 Å². The molecule has 4 N–H and O–H groups in total. The van der Waals surface area contributed by atoms with Gasteiger partial charge in [-0.05, 0) is 19.1 Å². The minimum atomic E-state index is -3.45. The van der Waals surface area contributed by atoms with Gasteiger partial charge in [0.1, 0.15) is 5.37 Å². The van der Waals surface area contributed by atoms with Crippen LogP contribution in [0.25, 0.3) is 0 Å². The first-order valence-corrected chi connectivity index (χ1v) is 5.79. The Balaban J connectivity index is 3.11. The third kappa shape index (κ3) is 2.12. The Morgan fingerprint density at radius 3 is 2.21 bits per heavy atom. The topological polar surface area (TPSA) is 86.2 Å². The minimum Gasteiger partial charge on any atom is -0.328 e. The molecule has 0 spiro atoms. The molecule has 0 aliphatic heterocycles. The van der Waals surface area contributed by atoms with E-state index in [2.05, 4.69) is 0 Å². The molecular formula is C9H14N2O2S. The monoisotopic (exact) mass is 214 g/mol. The van der Waals surface area contributed by atoms with Gasteiger partial charge >= 0.3 is 0 Å². The Morgan fingerprint density at radius 1 is 1.29 bits per heavy atom. The van der Waals surface area contributed by atoms with Crippen LogP contribution in [-0.2, 0) is 9.84 Å². The van der Waals surface area contributed by atoms with Gasteiger partial charge in [-0.25, -0.2) is 8.42 Å². The summed E-state index contributed by atoms with van der Waals surface area (Å²) in [6, 6.07) is 6.55. The summed E-state index contributed by atoms with van der Waals surface area (Å²) in [7, 11) is -3.45. The predicted molar refractivity (Wildman–Crippen MR) is 55.4 cm³/mol. The quantitative estimate of drug-likeness (QED) is 0.742. The van der Waals surface area contributed by atoms with Crippen LogP contribution in [0.5, 0.6) is 0 Å². The first kappa shape index (κ1) is 11.2. The summed E-state index contributed by atoms with van der Waals surface area (Å²) in [4.78, 5) is 0.223. The van der Waals surface area contributed by atoms with E-state index in [9.17, 15) is 8.42 Å². The molecule has 14 heavy (non-hydrogen) atoms. The van der Waals surface area contributed by atoms with Gasteiger partial charge in [0.15, 0.2) is 9.84 Å². The molecular weight excluding hydrogens is 200 g/mol. The van der Waals surface area contributed by atoms with Crippen LogP contribution in [-0.4, -0.2) is 20.3 Å². The number of sulfone groups is 1. The van der Waals surface area contributed by atoms with E-state index in [0.717, 1.165) is 5.56 Å². The Morgan fingerprint density at radius 2 is 1.79 bits per heavy atom. The molecule has 0 aliphatic carbocycles. The highest BCUT2D eigenvalue weighted by Gasteiger charge is 2.21. The Kier molecular flexibility index (Phi) is 3.25. The molecule has 1 atom stereocenters. The van der Waals surface area contributed by atoms with Crippen LogP contribution in [0.4, 0.5) is 0 Å². The fourth-order valence-corrected chi connectivity index (χ4v) is 2.15. The lowest BCUT2D eigenvalue weighted by molar-refractivity contribution is 0.581. The maximum atomic E-state index is 11.7. The highest BCUT2D eigenvalue weighted by molar-refractivity contribution is 7.92. The van der Waals surface area contributed by atoms with Crippen molar-refractivity contribution < 1.29 is 8.42 Å². The Hall–Kier alpha value is -0.910. The highest BCUT2D eigenvalue weighted by atomic mass is 32.2. The van der Waals surface area contributed by atoms with Crippen LogP contribution in [0, 0.1) is 6.92 Å². The third-order valence-electron chi connectivity index (χ3n) is 1.98. The molecule has 5 heteroatoms. The van der Waals surface area contributed by atoms with Crippen molar-refractivity contribution in [3.63, 3.8) is 0 Å². The van der Waals surface area contributed by atoms with Gasteiger partial charge in [-0.3, -0.25) is 0 Å². The first-order chi connectivity index (χ1) is 6.48. The van der Waals surface area contributed by atoms with Crippen LogP contribution >= 0.6 is 0 Å². The second-order valence-electron chi connectivity index (χ2n) is 3.13. The molecule has 1 unspecified atom stereocenters. The smallest absolute Gasteiger partial charge is 0.195 e. The first-order valence-electron chi connectivity index (χ1n) is 4.24. The zero-order valence-electron chi connectivity index (χ0n) is 7.97. The largest absolute Gasteiger partial charge is 0.328 e. The summed E-state index contributed by atoms with van der Waals surface area (Å²) < 4.78 is 23.3. The minimum absolute atomic E-state index is 0.0732. The SMILES string of the molecule is Cc1ccc(S(=O)(=O)C(N)CN)cc1. The molecule has 4 nitrogen and oxygen atoms in total. The Bertz CT molecular complexity index is 397. The van der Waals surface area contributed by atoms with Crippen LogP contribution in [0.3, 0.4) is 0 Å². The average Bonchev–Trinajstić information content (AvgIpc) is 2.17. The van der Waals surface area contributed by atoms with Crippen molar-refractivity contribution in [1.82, 2.24) is 0 Å². The molecule has 0 saturated carbocycles. The maximum Gasteiger partial charge on any atom is 0.195 e. The molecule has 0 aliphatic rings. The van der Waals surface area contributed by atoms with Crippen molar-refractivity contribution in [2.45, 2.75) is 17.2 Å². The van der Waals surface area contributed by atoms with Crippen molar-refractivity contribution >= 4 is 9.84 Å². The molecule has 78 valence electrons. The summed E-state index contributed by atoms with van der Waals surface area (Å²) in [5.74, 6) is 0. The molecule has 0 fully saturated rings. The molecule has 0 amide bonds. The van der Waals surface area contributed by atoms with Crippen molar-refractivity contribution in [3.05, 3.63) is 29.8 Å². The van der Waals surface area contributed by atoms with Crippen LogP contribution in [0.2, 0.25) is 0 Å². The van der Waals surface area contributed by atoms with E-state index in [1.807, 2.05) is 6.92 Å². The Labute approximate surface area is 83.8 Å². The number of rotatable bonds is 3. The van der Waals surface area contributed by atoms with Crippen molar-refractivity contribution in [3.8, 4) is 0 Å². The van der Waals surface area contributed by atoms with Gasteiger partial charge in [0.05, 0.1) is 4.90 Å². The lowest BCUT2D eigenvalue weighted by atomic mass is 10.2. The van der Waals surface area contributed by atoms with Gasteiger partial charge in [0.2, 0.25) is 0 Å². The van der Waals surface area contributed by atoms with Gasteiger partial charge in [-0.2, -0.15) is 0 Å². The summed E-state index contributed by atoms with van der Waals surface area (Å²) in [6.45, 7) is 1.81. The number of hydrogen-bond donors (Lipinski definition) is 2. The van der Waals surface area contributed by atoms with Crippen LogP contribution in [0.1, 0.15) is 5.56 Å². The lowest BCUT2D eigenvalue weighted by Crippen LogP contribution is -2.37. The zero-order valence-corrected chi connectivity index (χ0v) is 8.79. The van der Waals surface area contributed by atoms with Crippen molar-refractivity contribution in [2.24, 2.45) is 11.5 Å². The van der Waals surface area contributed by atoms with E-state index in [-0.39, 0.29) is 11.4 Å². The van der Waals surface area contributed by atoms with Gasteiger partial charge < -0.3 is 11.5 Å². The number of benzene rings is 1. The summed E-state index contributed by atoms with van der Waals surface area (Å²) in [6.07, 6.45) is 0. The summed E-state index contributed by atoms with van der Waals surface area (Å²) in [5, 5.41) is -1.02. The van der Waals surface area contributed by atoms with Gasteiger partial charge in [-0.1, -0.05) is 17.7 Å². The van der Waals surface area contributed by atoms with E-state index in [4.69, 9.17) is 11.5 Å². The second-order valence-corrected chi connectivity index (χ2v) is 5.30. The van der Waals surface area contributed by atoms with Crippen molar-refractivity contribution in [2.75, 3.05) is 6.54 Å². The fraction of sp³-hybridized carbons (Fsp3) is 0.333. The average molecular weight is 214 g/mol. The summed E-state index contributed by atoms with van der Waals surface area (Å²) >= 11 is 0. The molecule has 0 radical (unpaired) electrons. The highest BCUT2D eigenvalue weighted by Crippen LogP contribution is 2.13. The maximum absolute atomic E-state index is 11.7. The third-order valence-corrected chi connectivity index (χ3v) is 3.90. The van der Waals surface area contributed by atoms with E-state index in [1.54, 1.807) is 24.3 Å². The fourth-order valence-electron chi connectivity index (χ4n) is 1.03. The van der Waals surface area contributed by atoms with E-state index < -0.39 is 15.2 Å². The predicted octanol–water partition coefficient (Wildman–Crippen LogP) is 0.0122. The van der Waals surface area contributed by atoms with Crippen LogP contribution in [0.15, 0.2) is 29.2 Å². The van der Waals surface area contributed by atoms with E-state index >= 15 is 0 Å². The molecule has 0 saturated heterocycles. The van der Waals surface area contributed by atoms with Crippen LogP contribution < -0.4 is 11.5 Å². The standard InChI is InChI=1S/C9H14N2O2S/c1-7-2-4-8(5-3-7)14(12,13)9(11)6-10/h2-5,9H,6,10-11H2,1H3. The number of hydrogen-bond acceptors (Lipinski definition) is 4. The second kappa shape index (κ2) is 4.08. The molecule has 0 aromatic heterocycles. The molecule has 0 heterocycles. The number of aryl methyl sites for hydroxylation is 1. The summed E-state index contributed by atoms with van der Waals surface area (Å²) in [5.41, 5.74) is 11.6. The van der Waals surface area contributed by atoms with Gasteiger partial charge in [-0.15, -0.1) is 0 Å². The molecule has 1 aromatic rings. The molecule has 1 aromatic carbocycles. The molecule has 1 rings (SSSR count). The van der Waals surface area contributed by atoms with E-state index in [0.29, 0.717) is 0 Å². The lowest BCUT2D eigenvalue weighted by Gasteiger charge is -2.10. The normalized spacial score (nSPS) is 13.9. The van der Waals surface area contributed by atoms with Gasteiger partial charge in [0.25, 0.3) is 0 Å². The zero-order chi connectivity index (χ0) is 10.8. The number of nitrogens with two attached hydrogens (primary N) is 2.